The predicted molar refractivity (Wildman–Crippen MR) is 42.5 cm³/mol. The van der Waals surface area contributed by atoms with Crippen LogP contribution in [0.4, 0.5) is 18.9 Å². The van der Waals surface area contributed by atoms with E-state index < -0.39 is 17.5 Å². The molecule has 0 atom stereocenters. The van der Waals surface area contributed by atoms with Crippen LogP contribution in [-0.4, -0.2) is 5.11 Å². The van der Waals surface area contributed by atoms with Crippen LogP contribution >= 0.6 is 11.6 Å². The van der Waals surface area contributed by atoms with E-state index in [9.17, 15) is 13.2 Å². The molecule has 0 aromatic heterocycles. The molecule has 3 N–H and O–H groups in total. The molecule has 0 fully saturated rings. The Labute approximate surface area is 76.7 Å². The van der Waals surface area contributed by atoms with Crippen LogP contribution in [0.3, 0.4) is 0 Å². The summed E-state index contributed by atoms with van der Waals surface area (Å²) < 4.78 is 36.3. The van der Waals surface area contributed by atoms with Crippen molar-refractivity contribution in [2.75, 3.05) is 5.73 Å². The first-order valence-electron chi connectivity index (χ1n) is 3.17. The second-order valence-electron chi connectivity index (χ2n) is 2.39. The Morgan fingerprint density at radius 2 is 1.85 bits per heavy atom. The fourth-order valence-corrected chi connectivity index (χ4v) is 0.969. The van der Waals surface area contributed by atoms with E-state index in [2.05, 4.69) is 0 Å². The summed E-state index contributed by atoms with van der Waals surface area (Å²) in [6.45, 7) is 0. The number of halogens is 4. The highest BCUT2D eigenvalue weighted by molar-refractivity contribution is 6.33. The van der Waals surface area contributed by atoms with Crippen LogP contribution < -0.4 is 5.73 Å². The molecule has 0 unspecified atom stereocenters. The van der Waals surface area contributed by atoms with Gasteiger partial charge in [-0.15, -0.1) is 0 Å². The van der Waals surface area contributed by atoms with E-state index in [-0.39, 0.29) is 10.7 Å². The predicted octanol–water partition coefficient (Wildman–Crippen LogP) is 2.65. The van der Waals surface area contributed by atoms with Gasteiger partial charge < -0.3 is 10.8 Å². The lowest BCUT2D eigenvalue weighted by molar-refractivity contribution is -0.138. The summed E-state index contributed by atoms with van der Waals surface area (Å²) in [6, 6.07) is 1.36. The summed E-state index contributed by atoms with van der Waals surface area (Å²) in [5, 5.41) is 8.66. The molecule has 1 rings (SSSR count). The maximum atomic E-state index is 12.1. The SMILES string of the molecule is Nc1cc(O)c(C(F)(F)F)cc1Cl. The van der Waals surface area contributed by atoms with Crippen LogP contribution in [0.2, 0.25) is 5.02 Å². The molecule has 72 valence electrons. The zero-order valence-corrected chi connectivity index (χ0v) is 6.95. The standard InChI is InChI=1S/C7H5ClF3NO/c8-4-1-3(7(9,10)11)6(13)2-5(4)12/h1-2,13H,12H2. The highest BCUT2D eigenvalue weighted by Gasteiger charge is 2.34. The van der Waals surface area contributed by atoms with Crippen LogP contribution in [-0.2, 0) is 6.18 Å². The Kier molecular flexibility index (Phi) is 2.30. The molecule has 1 aromatic rings. The minimum atomic E-state index is -4.62. The van der Waals surface area contributed by atoms with Crippen LogP contribution in [0.15, 0.2) is 12.1 Å². The first-order valence-corrected chi connectivity index (χ1v) is 3.55. The lowest BCUT2D eigenvalue weighted by Gasteiger charge is -2.10. The largest absolute Gasteiger partial charge is 0.507 e. The maximum Gasteiger partial charge on any atom is 0.420 e. The van der Waals surface area contributed by atoms with Gasteiger partial charge in [0.15, 0.2) is 0 Å². The van der Waals surface area contributed by atoms with Crippen molar-refractivity contribution in [3.8, 4) is 5.75 Å². The number of phenolic OH excluding ortho intramolecular Hbond substituents is 1. The molecule has 13 heavy (non-hydrogen) atoms. The molecule has 0 bridgehead atoms. The zero-order chi connectivity index (χ0) is 10.2. The zero-order valence-electron chi connectivity index (χ0n) is 6.19. The first-order chi connectivity index (χ1) is 5.82. The molecule has 1 aromatic carbocycles. The third-order valence-corrected chi connectivity index (χ3v) is 1.75. The lowest BCUT2D eigenvalue weighted by atomic mass is 10.2. The van der Waals surface area contributed by atoms with E-state index in [4.69, 9.17) is 22.4 Å². The summed E-state index contributed by atoms with van der Waals surface area (Å²) in [5.74, 6) is -0.922. The van der Waals surface area contributed by atoms with E-state index >= 15 is 0 Å². The van der Waals surface area contributed by atoms with E-state index in [0.29, 0.717) is 6.07 Å². The average molecular weight is 212 g/mol. The topological polar surface area (TPSA) is 46.2 Å². The molecule has 0 saturated carbocycles. The molecule has 0 amide bonds. The molecule has 0 aliphatic carbocycles. The third-order valence-electron chi connectivity index (χ3n) is 1.42. The van der Waals surface area contributed by atoms with Gasteiger partial charge in [0.2, 0.25) is 0 Å². The van der Waals surface area contributed by atoms with Crippen molar-refractivity contribution in [1.82, 2.24) is 0 Å². The number of anilines is 1. The number of hydrogen-bond acceptors (Lipinski definition) is 2. The number of aromatic hydroxyl groups is 1. The molecule has 0 radical (unpaired) electrons. The first kappa shape index (κ1) is 9.98. The van der Waals surface area contributed by atoms with Gasteiger partial charge in [0.25, 0.3) is 0 Å². The average Bonchev–Trinajstić information content (AvgIpc) is 1.94. The number of nitrogens with two attached hydrogens (primary N) is 1. The summed E-state index contributed by atoms with van der Waals surface area (Å²) in [6.07, 6.45) is -4.62. The Balaban J connectivity index is 3.32. The molecule has 0 aliphatic heterocycles. The quantitative estimate of drug-likeness (QED) is 0.648. The Hall–Kier alpha value is -1.10. The van der Waals surface area contributed by atoms with Gasteiger partial charge in [0, 0.05) is 6.07 Å². The fourth-order valence-electron chi connectivity index (χ4n) is 0.805. The van der Waals surface area contributed by atoms with Crippen LogP contribution in [0, 0.1) is 0 Å². The molecular formula is C7H5ClF3NO. The monoisotopic (exact) mass is 211 g/mol. The third kappa shape index (κ3) is 1.98. The highest BCUT2D eigenvalue weighted by atomic mass is 35.5. The molecule has 0 heterocycles. The number of rotatable bonds is 0. The van der Waals surface area contributed by atoms with Gasteiger partial charge in [-0.25, -0.2) is 0 Å². The van der Waals surface area contributed by atoms with Gasteiger partial charge in [0.05, 0.1) is 16.3 Å². The van der Waals surface area contributed by atoms with Crippen molar-refractivity contribution in [2.45, 2.75) is 6.18 Å². The number of hydrogen-bond donors (Lipinski definition) is 2. The Morgan fingerprint density at radius 3 is 2.31 bits per heavy atom. The Morgan fingerprint density at radius 1 is 1.31 bits per heavy atom. The minimum absolute atomic E-state index is 0.0906. The van der Waals surface area contributed by atoms with Gasteiger partial charge in [-0.1, -0.05) is 11.6 Å². The van der Waals surface area contributed by atoms with Gasteiger partial charge in [-0.2, -0.15) is 13.2 Å². The van der Waals surface area contributed by atoms with E-state index in [1.165, 1.54) is 0 Å². The van der Waals surface area contributed by atoms with Crippen molar-refractivity contribution in [3.05, 3.63) is 22.7 Å². The van der Waals surface area contributed by atoms with E-state index in [1.54, 1.807) is 0 Å². The van der Waals surface area contributed by atoms with Crippen molar-refractivity contribution in [1.29, 1.82) is 0 Å². The molecule has 6 heteroatoms. The molecule has 0 spiro atoms. The summed E-state index contributed by atoms with van der Waals surface area (Å²) in [7, 11) is 0. The van der Waals surface area contributed by atoms with Gasteiger partial charge >= 0.3 is 6.18 Å². The molecular weight excluding hydrogens is 207 g/mol. The second kappa shape index (κ2) is 2.99. The number of benzene rings is 1. The molecule has 0 aliphatic rings. The van der Waals surface area contributed by atoms with Crippen LogP contribution in [0.5, 0.6) is 5.75 Å². The minimum Gasteiger partial charge on any atom is -0.507 e. The normalized spacial score (nSPS) is 11.7. The molecule has 2 nitrogen and oxygen atoms in total. The second-order valence-corrected chi connectivity index (χ2v) is 2.80. The van der Waals surface area contributed by atoms with Crippen molar-refractivity contribution in [2.24, 2.45) is 0 Å². The number of alkyl halides is 3. The van der Waals surface area contributed by atoms with Crippen LogP contribution in [0.1, 0.15) is 5.56 Å². The lowest BCUT2D eigenvalue weighted by Crippen LogP contribution is -2.05. The highest BCUT2D eigenvalue weighted by Crippen LogP contribution is 2.39. The molecule has 0 saturated heterocycles. The van der Waals surface area contributed by atoms with Crippen molar-refractivity contribution in [3.63, 3.8) is 0 Å². The van der Waals surface area contributed by atoms with E-state index in [1.807, 2.05) is 0 Å². The summed E-state index contributed by atoms with van der Waals surface area (Å²) in [5.41, 5.74) is 3.89. The van der Waals surface area contributed by atoms with Crippen molar-refractivity contribution >= 4 is 17.3 Å². The van der Waals surface area contributed by atoms with Gasteiger partial charge in [-0.3, -0.25) is 0 Å². The summed E-state index contributed by atoms with van der Waals surface area (Å²) in [4.78, 5) is 0. The number of nitrogen functional groups attached to an aromatic ring is 1. The van der Waals surface area contributed by atoms with E-state index in [0.717, 1.165) is 6.07 Å². The maximum absolute atomic E-state index is 12.1. The van der Waals surface area contributed by atoms with Gasteiger partial charge in [-0.05, 0) is 6.07 Å². The number of phenols is 1. The summed E-state index contributed by atoms with van der Waals surface area (Å²) >= 11 is 5.36. The Bertz CT molecular complexity index is 337. The smallest absolute Gasteiger partial charge is 0.420 e. The fraction of sp³-hybridized carbons (Fsp3) is 0.143. The van der Waals surface area contributed by atoms with Gasteiger partial charge in [0.1, 0.15) is 5.75 Å². The van der Waals surface area contributed by atoms with Crippen molar-refractivity contribution < 1.29 is 18.3 Å². The van der Waals surface area contributed by atoms with Crippen LogP contribution in [0.25, 0.3) is 0 Å².